The van der Waals surface area contributed by atoms with Crippen LogP contribution in [0.25, 0.3) is 11.8 Å². The summed E-state index contributed by atoms with van der Waals surface area (Å²) in [5.41, 5.74) is 0.512. The number of carbonyl (C=O) groups excluding carboxylic acids is 2. The Morgan fingerprint density at radius 3 is 2.55 bits per heavy atom. The van der Waals surface area contributed by atoms with Crippen molar-refractivity contribution >= 4 is 50.2 Å². The van der Waals surface area contributed by atoms with Crippen molar-refractivity contribution in [1.82, 2.24) is 25.1 Å². The van der Waals surface area contributed by atoms with Crippen molar-refractivity contribution in [2.45, 2.75) is 11.4 Å². The van der Waals surface area contributed by atoms with E-state index in [0.29, 0.717) is 10.6 Å². The maximum absolute atomic E-state index is 12.6. The van der Waals surface area contributed by atoms with E-state index in [9.17, 15) is 18.0 Å². The van der Waals surface area contributed by atoms with Crippen LogP contribution in [0.4, 0.5) is 4.79 Å². The summed E-state index contributed by atoms with van der Waals surface area (Å²) in [6, 6.07) is 9.73. The van der Waals surface area contributed by atoms with Crippen molar-refractivity contribution in [2.24, 2.45) is 0 Å². The quantitative estimate of drug-likeness (QED) is 0.548. The van der Waals surface area contributed by atoms with Crippen molar-refractivity contribution in [2.75, 3.05) is 6.26 Å². The molecule has 148 valence electrons. The Balaban J connectivity index is 1.58. The van der Waals surface area contributed by atoms with Gasteiger partial charge in [0.05, 0.1) is 22.0 Å². The van der Waals surface area contributed by atoms with Gasteiger partial charge in [0, 0.05) is 11.1 Å². The number of tetrazole rings is 1. The number of imide groups is 1. The van der Waals surface area contributed by atoms with E-state index in [2.05, 4.69) is 15.5 Å². The molecule has 0 bridgehead atoms. The topological polar surface area (TPSA) is 115 Å². The molecular weight excluding hydrogens is 434 g/mol. The van der Waals surface area contributed by atoms with Gasteiger partial charge in [-0.2, -0.15) is 4.68 Å². The summed E-state index contributed by atoms with van der Waals surface area (Å²) in [7, 11) is -3.33. The third kappa shape index (κ3) is 3.99. The normalized spacial score (nSPS) is 16.2. The van der Waals surface area contributed by atoms with Gasteiger partial charge in [-0.15, -0.1) is 16.4 Å². The highest BCUT2D eigenvalue weighted by atomic mass is 32.2. The zero-order chi connectivity index (χ0) is 20.6. The van der Waals surface area contributed by atoms with E-state index >= 15 is 0 Å². The van der Waals surface area contributed by atoms with Crippen molar-refractivity contribution in [3.8, 4) is 5.69 Å². The molecule has 3 heterocycles. The lowest BCUT2D eigenvalue weighted by Gasteiger charge is -2.12. The largest absolute Gasteiger partial charge is 0.293 e. The summed E-state index contributed by atoms with van der Waals surface area (Å²) in [6.45, 7) is -0.104. The smallest absolute Gasteiger partial charge is 0.268 e. The lowest BCUT2D eigenvalue weighted by molar-refractivity contribution is -0.123. The molecule has 1 fully saturated rings. The molecule has 0 N–H and O–H groups in total. The van der Waals surface area contributed by atoms with Crippen LogP contribution in [0.3, 0.4) is 0 Å². The molecule has 3 aromatic rings. The Morgan fingerprint density at radius 1 is 1.14 bits per heavy atom. The number of benzene rings is 1. The van der Waals surface area contributed by atoms with Crippen LogP contribution in [-0.4, -0.2) is 50.9 Å². The molecule has 9 nitrogen and oxygen atoms in total. The number of rotatable bonds is 5. The number of aromatic nitrogens is 4. The average Bonchev–Trinajstić information content (AvgIpc) is 3.40. The van der Waals surface area contributed by atoms with E-state index in [1.807, 2.05) is 17.5 Å². The van der Waals surface area contributed by atoms with Gasteiger partial charge in [0.1, 0.15) is 0 Å². The molecular formula is C17H13N5O4S3. The summed E-state index contributed by atoms with van der Waals surface area (Å²) < 4.78 is 24.6. The number of hydrogen-bond acceptors (Lipinski definition) is 9. The maximum atomic E-state index is 12.6. The first kappa shape index (κ1) is 19.5. The van der Waals surface area contributed by atoms with Gasteiger partial charge in [0.2, 0.25) is 0 Å². The van der Waals surface area contributed by atoms with Gasteiger partial charge in [-0.05, 0) is 64.0 Å². The molecule has 2 aromatic heterocycles. The van der Waals surface area contributed by atoms with E-state index in [4.69, 9.17) is 0 Å². The van der Waals surface area contributed by atoms with Crippen LogP contribution in [0.1, 0.15) is 10.7 Å². The minimum absolute atomic E-state index is 0.104. The lowest BCUT2D eigenvalue weighted by atomic mass is 10.3. The van der Waals surface area contributed by atoms with Gasteiger partial charge in [-0.25, -0.2) is 8.42 Å². The summed E-state index contributed by atoms with van der Waals surface area (Å²) in [5, 5.41) is 12.9. The number of nitrogens with zero attached hydrogens (tertiary/aromatic N) is 5. The third-order valence-corrected chi connectivity index (χ3v) is 6.89. The Hall–Kier alpha value is -2.83. The van der Waals surface area contributed by atoms with Crippen LogP contribution in [0, 0.1) is 0 Å². The number of amides is 2. The van der Waals surface area contributed by atoms with Crippen molar-refractivity contribution in [1.29, 1.82) is 0 Å². The van der Waals surface area contributed by atoms with E-state index in [-0.39, 0.29) is 17.3 Å². The molecule has 1 aromatic carbocycles. The van der Waals surface area contributed by atoms with Gasteiger partial charge in [0.25, 0.3) is 11.1 Å². The molecule has 0 atom stereocenters. The molecule has 12 heteroatoms. The zero-order valence-corrected chi connectivity index (χ0v) is 17.4. The Kier molecular flexibility index (Phi) is 5.06. The fourth-order valence-corrected chi connectivity index (χ4v) is 4.81. The number of carbonyl (C=O) groups is 2. The fourth-order valence-electron chi connectivity index (χ4n) is 2.62. The molecule has 0 spiro atoms. The zero-order valence-electron chi connectivity index (χ0n) is 14.9. The molecule has 1 aliphatic heterocycles. The van der Waals surface area contributed by atoms with Gasteiger partial charge < -0.3 is 0 Å². The molecule has 0 saturated carbocycles. The predicted molar refractivity (Wildman–Crippen MR) is 108 cm³/mol. The molecule has 4 rings (SSSR count). The molecule has 0 aliphatic carbocycles. The van der Waals surface area contributed by atoms with Crippen LogP contribution in [0.2, 0.25) is 0 Å². The fraction of sp³-hybridized carbons (Fsp3) is 0.118. The molecule has 1 aliphatic rings. The second-order valence-corrected chi connectivity index (χ2v) is 10.0. The van der Waals surface area contributed by atoms with Gasteiger partial charge in [0.15, 0.2) is 15.7 Å². The van der Waals surface area contributed by atoms with Crippen LogP contribution >= 0.6 is 23.1 Å². The van der Waals surface area contributed by atoms with E-state index in [1.165, 1.54) is 28.2 Å². The molecule has 2 amide bonds. The van der Waals surface area contributed by atoms with Gasteiger partial charge in [-0.3, -0.25) is 14.5 Å². The number of hydrogen-bond donors (Lipinski definition) is 0. The number of thioether (sulfide) groups is 1. The van der Waals surface area contributed by atoms with Crippen LogP contribution < -0.4 is 0 Å². The van der Waals surface area contributed by atoms with Gasteiger partial charge in [-0.1, -0.05) is 6.07 Å². The predicted octanol–water partition coefficient (Wildman–Crippen LogP) is 2.36. The van der Waals surface area contributed by atoms with Crippen molar-refractivity contribution in [3.63, 3.8) is 0 Å². The molecule has 0 unspecified atom stereocenters. The molecule has 1 saturated heterocycles. The first-order chi connectivity index (χ1) is 13.8. The summed E-state index contributed by atoms with van der Waals surface area (Å²) >= 11 is 2.34. The minimum Gasteiger partial charge on any atom is -0.268 e. The summed E-state index contributed by atoms with van der Waals surface area (Å²) in [4.78, 5) is 27.5. The number of thiophene rings is 1. The van der Waals surface area contributed by atoms with Crippen LogP contribution in [0.5, 0.6) is 0 Å². The monoisotopic (exact) mass is 447 g/mol. The highest BCUT2D eigenvalue weighted by molar-refractivity contribution is 8.18. The highest BCUT2D eigenvalue weighted by Crippen LogP contribution is 2.33. The van der Waals surface area contributed by atoms with Crippen molar-refractivity contribution < 1.29 is 18.0 Å². The Bertz CT molecular complexity index is 1210. The van der Waals surface area contributed by atoms with Crippen LogP contribution in [0.15, 0.2) is 51.6 Å². The summed E-state index contributed by atoms with van der Waals surface area (Å²) in [6.07, 6.45) is 2.80. The minimum atomic E-state index is -3.33. The lowest BCUT2D eigenvalue weighted by Crippen LogP contribution is -2.29. The van der Waals surface area contributed by atoms with Gasteiger partial charge >= 0.3 is 0 Å². The standard InChI is InChI=1S/C17H13N5O4S3/c1-29(25,26)13-6-4-11(5-7-13)22-15(18-19-20-22)10-21-16(23)14(28-17(21)24)9-12-3-2-8-27-12/h2-9H,10H2,1H3. The van der Waals surface area contributed by atoms with E-state index in [0.717, 1.165) is 27.8 Å². The average molecular weight is 448 g/mol. The number of sulfone groups is 1. The third-order valence-electron chi connectivity index (χ3n) is 4.03. The highest BCUT2D eigenvalue weighted by Gasteiger charge is 2.36. The Labute approximate surface area is 173 Å². The van der Waals surface area contributed by atoms with Crippen molar-refractivity contribution in [3.05, 3.63) is 57.4 Å². The molecule has 0 radical (unpaired) electrons. The second kappa shape index (κ2) is 7.54. The first-order valence-corrected chi connectivity index (χ1v) is 11.8. The van der Waals surface area contributed by atoms with Crippen LogP contribution in [-0.2, 0) is 21.2 Å². The maximum Gasteiger partial charge on any atom is 0.293 e. The second-order valence-electron chi connectivity index (χ2n) is 6.06. The summed E-state index contributed by atoms with van der Waals surface area (Å²) in [5.74, 6) is -0.132. The van der Waals surface area contributed by atoms with E-state index in [1.54, 1.807) is 18.2 Å². The Morgan fingerprint density at radius 2 is 1.90 bits per heavy atom. The van der Waals surface area contributed by atoms with E-state index < -0.39 is 21.0 Å². The molecule has 29 heavy (non-hydrogen) atoms. The SMILES string of the molecule is CS(=O)(=O)c1ccc(-n2nnnc2CN2C(=O)SC(=Cc3cccs3)C2=O)cc1. The first-order valence-electron chi connectivity index (χ1n) is 8.19.